The fourth-order valence-corrected chi connectivity index (χ4v) is 7.25. The van der Waals surface area contributed by atoms with Gasteiger partial charge >= 0.3 is 0 Å². The Morgan fingerprint density at radius 1 is 0.909 bits per heavy atom. The zero-order valence-electron chi connectivity index (χ0n) is 20.8. The summed E-state index contributed by atoms with van der Waals surface area (Å²) in [6.45, 7) is 12.9. The van der Waals surface area contributed by atoms with E-state index in [2.05, 4.69) is 69.1 Å². The minimum Gasteiger partial charge on any atom is -0.414 e. The van der Waals surface area contributed by atoms with E-state index in [0.29, 0.717) is 24.1 Å². The number of rotatable bonds is 5. The molecule has 2 nitrogen and oxygen atoms in total. The molecule has 2 unspecified atom stereocenters. The molecule has 1 saturated carbocycles. The third kappa shape index (κ3) is 5.70. The number of nitrogens with zero attached hydrogens (tertiary/aromatic N) is 1. The molecule has 1 aliphatic carbocycles. The van der Waals surface area contributed by atoms with Gasteiger partial charge in [-0.05, 0) is 92.2 Å². The van der Waals surface area contributed by atoms with E-state index in [1.807, 2.05) is 18.2 Å². The SMILES string of the molecule is CC(C)(C)[Si](C)(C)O[C@@H]1CC[C@H](N2CCCC(c3cccc(Cl)c3)C2c2ccc(Cl)cc2)C1. The standard InChI is InChI=1S/C28H39Cl2NOSi/c1-28(2,3)33(4,5)32-25-16-15-24(19-25)31-17-7-10-26(21-8-6-9-23(30)18-21)27(31)20-11-13-22(29)14-12-20/h6,8-9,11-14,18,24-27H,7,10,15-17,19H2,1-5H3/t24-,25+,26?,27?/m0/s1. The molecule has 0 amide bonds. The minimum atomic E-state index is -1.76. The van der Waals surface area contributed by atoms with Crippen LogP contribution >= 0.6 is 23.2 Å². The van der Waals surface area contributed by atoms with Gasteiger partial charge in [0.15, 0.2) is 8.32 Å². The van der Waals surface area contributed by atoms with Crippen LogP contribution in [0.25, 0.3) is 0 Å². The van der Waals surface area contributed by atoms with Gasteiger partial charge in [0.05, 0.1) is 0 Å². The molecule has 2 aromatic rings. The fraction of sp³-hybridized carbons (Fsp3) is 0.571. The lowest BCUT2D eigenvalue weighted by atomic mass is 9.79. The minimum absolute atomic E-state index is 0.250. The maximum absolute atomic E-state index is 6.85. The van der Waals surface area contributed by atoms with Gasteiger partial charge in [-0.2, -0.15) is 0 Å². The van der Waals surface area contributed by atoms with E-state index in [4.69, 9.17) is 27.6 Å². The first-order valence-electron chi connectivity index (χ1n) is 12.5. The summed E-state index contributed by atoms with van der Waals surface area (Å²) in [6, 6.07) is 17.9. The lowest BCUT2D eigenvalue weighted by Gasteiger charge is -2.45. The van der Waals surface area contributed by atoms with E-state index in [1.165, 1.54) is 36.8 Å². The molecule has 2 aliphatic rings. The van der Waals surface area contributed by atoms with Crippen molar-refractivity contribution < 1.29 is 4.43 Å². The predicted octanol–water partition coefficient (Wildman–Crippen LogP) is 8.86. The van der Waals surface area contributed by atoms with Crippen molar-refractivity contribution in [2.75, 3.05) is 6.54 Å². The third-order valence-electron chi connectivity index (χ3n) is 8.25. The lowest BCUT2D eigenvalue weighted by Crippen LogP contribution is -2.45. The second-order valence-corrected chi connectivity index (χ2v) is 17.1. The molecule has 4 rings (SSSR count). The van der Waals surface area contributed by atoms with Crippen LogP contribution in [0.2, 0.25) is 28.2 Å². The fourth-order valence-electron chi connectivity index (χ4n) is 5.52. The largest absolute Gasteiger partial charge is 0.414 e. The topological polar surface area (TPSA) is 12.5 Å². The molecule has 5 heteroatoms. The Balaban J connectivity index is 1.60. The highest BCUT2D eigenvalue weighted by Gasteiger charge is 2.44. The van der Waals surface area contributed by atoms with E-state index in [0.717, 1.165) is 23.0 Å². The molecule has 180 valence electrons. The molecule has 0 spiro atoms. The van der Waals surface area contributed by atoms with Crippen LogP contribution in [0.3, 0.4) is 0 Å². The van der Waals surface area contributed by atoms with Crippen LogP contribution in [-0.4, -0.2) is 31.9 Å². The van der Waals surface area contributed by atoms with Gasteiger partial charge in [0.1, 0.15) is 0 Å². The summed E-state index contributed by atoms with van der Waals surface area (Å²) >= 11 is 12.7. The Morgan fingerprint density at radius 3 is 2.30 bits per heavy atom. The van der Waals surface area contributed by atoms with Crippen LogP contribution in [0.1, 0.15) is 76.0 Å². The summed E-state index contributed by atoms with van der Waals surface area (Å²) in [5.41, 5.74) is 2.71. The maximum Gasteiger partial charge on any atom is 0.192 e. The second kappa shape index (κ2) is 10.0. The van der Waals surface area contributed by atoms with Gasteiger partial charge in [0, 0.05) is 34.2 Å². The van der Waals surface area contributed by atoms with E-state index < -0.39 is 8.32 Å². The van der Waals surface area contributed by atoms with Gasteiger partial charge in [-0.3, -0.25) is 4.90 Å². The smallest absolute Gasteiger partial charge is 0.192 e. The van der Waals surface area contributed by atoms with Crippen LogP contribution in [-0.2, 0) is 4.43 Å². The first-order valence-corrected chi connectivity index (χ1v) is 16.2. The summed E-state index contributed by atoms with van der Waals surface area (Å²) in [5.74, 6) is 0.430. The van der Waals surface area contributed by atoms with Crippen molar-refractivity contribution >= 4 is 31.5 Å². The molecule has 0 N–H and O–H groups in total. The van der Waals surface area contributed by atoms with Crippen molar-refractivity contribution in [1.82, 2.24) is 4.90 Å². The Kier molecular flexibility index (Phi) is 7.67. The van der Waals surface area contributed by atoms with Crippen LogP contribution in [0.4, 0.5) is 0 Å². The highest BCUT2D eigenvalue weighted by atomic mass is 35.5. The van der Waals surface area contributed by atoms with Gasteiger partial charge in [0.25, 0.3) is 0 Å². The van der Waals surface area contributed by atoms with Crippen LogP contribution < -0.4 is 0 Å². The van der Waals surface area contributed by atoms with Gasteiger partial charge in [-0.1, -0.05) is 68.2 Å². The summed E-state index contributed by atoms with van der Waals surface area (Å²) in [6.07, 6.45) is 6.30. The third-order valence-corrected chi connectivity index (χ3v) is 13.3. The number of hydrogen-bond donors (Lipinski definition) is 0. The molecule has 1 aliphatic heterocycles. The Labute approximate surface area is 211 Å². The van der Waals surface area contributed by atoms with Gasteiger partial charge in [0.2, 0.25) is 0 Å². The predicted molar refractivity (Wildman–Crippen MR) is 144 cm³/mol. The second-order valence-electron chi connectivity index (χ2n) is 11.5. The number of hydrogen-bond acceptors (Lipinski definition) is 2. The number of likely N-dealkylation sites (tertiary alicyclic amines) is 1. The molecular formula is C28H39Cl2NOSi. The Hall–Kier alpha value is -0.843. The highest BCUT2D eigenvalue weighted by molar-refractivity contribution is 6.74. The van der Waals surface area contributed by atoms with Crippen LogP contribution in [0, 0.1) is 0 Å². The van der Waals surface area contributed by atoms with Crippen molar-refractivity contribution in [3.05, 3.63) is 69.7 Å². The molecule has 2 aromatic carbocycles. The summed E-state index contributed by atoms with van der Waals surface area (Å²) in [4.78, 5) is 2.79. The summed E-state index contributed by atoms with van der Waals surface area (Å²) < 4.78 is 6.85. The Morgan fingerprint density at radius 2 is 1.64 bits per heavy atom. The zero-order valence-corrected chi connectivity index (χ0v) is 23.3. The Bertz CT molecular complexity index is 940. The van der Waals surface area contributed by atoms with Crippen molar-refractivity contribution in [2.24, 2.45) is 0 Å². The zero-order chi connectivity index (χ0) is 23.8. The quantitative estimate of drug-likeness (QED) is 0.377. The first-order chi connectivity index (χ1) is 15.5. The van der Waals surface area contributed by atoms with Crippen LogP contribution in [0.5, 0.6) is 0 Å². The normalized spacial score (nSPS) is 27.1. The van der Waals surface area contributed by atoms with Crippen molar-refractivity contribution in [1.29, 1.82) is 0 Å². The lowest BCUT2D eigenvalue weighted by molar-refractivity contribution is 0.0711. The van der Waals surface area contributed by atoms with E-state index in [9.17, 15) is 0 Å². The average molecular weight is 505 g/mol. The molecule has 0 aromatic heterocycles. The van der Waals surface area contributed by atoms with E-state index >= 15 is 0 Å². The maximum atomic E-state index is 6.85. The van der Waals surface area contributed by atoms with Crippen molar-refractivity contribution in [3.63, 3.8) is 0 Å². The van der Waals surface area contributed by atoms with Gasteiger partial charge in [-0.25, -0.2) is 0 Å². The molecule has 4 atom stereocenters. The van der Waals surface area contributed by atoms with Crippen LogP contribution in [0.15, 0.2) is 48.5 Å². The molecular weight excluding hydrogens is 465 g/mol. The van der Waals surface area contributed by atoms with E-state index in [-0.39, 0.29) is 5.04 Å². The number of halogens is 2. The highest BCUT2D eigenvalue weighted by Crippen LogP contribution is 2.47. The monoisotopic (exact) mass is 503 g/mol. The summed E-state index contributed by atoms with van der Waals surface area (Å²) in [7, 11) is -1.76. The van der Waals surface area contributed by atoms with Crippen molar-refractivity contribution in [2.45, 2.75) is 95.1 Å². The molecule has 2 fully saturated rings. The molecule has 1 saturated heterocycles. The van der Waals surface area contributed by atoms with Gasteiger partial charge < -0.3 is 4.43 Å². The number of benzene rings is 2. The summed E-state index contributed by atoms with van der Waals surface area (Å²) in [5, 5.41) is 1.87. The van der Waals surface area contributed by atoms with Gasteiger partial charge in [-0.15, -0.1) is 0 Å². The van der Waals surface area contributed by atoms with E-state index in [1.54, 1.807) is 0 Å². The molecule has 0 bridgehead atoms. The first kappa shape index (κ1) is 25.3. The average Bonchev–Trinajstić information content (AvgIpc) is 3.21. The molecule has 0 radical (unpaired) electrons. The molecule has 33 heavy (non-hydrogen) atoms. The number of piperidine rings is 1. The molecule has 1 heterocycles. The van der Waals surface area contributed by atoms with Crippen molar-refractivity contribution in [3.8, 4) is 0 Å².